The molecule has 1 saturated carbocycles. The number of hydrogen-bond acceptors (Lipinski definition) is 5. The summed E-state index contributed by atoms with van der Waals surface area (Å²) in [5.74, 6) is -0.0410. The predicted octanol–water partition coefficient (Wildman–Crippen LogP) is 5.00. The summed E-state index contributed by atoms with van der Waals surface area (Å²) in [5, 5.41) is 12.4. The van der Waals surface area contributed by atoms with E-state index in [9.17, 15) is 4.79 Å². The number of carbonyl (C=O) groups is 1. The van der Waals surface area contributed by atoms with Crippen LogP contribution in [0, 0.1) is 6.92 Å². The lowest BCUT2D eigenvalue weighted by Crippen LogP contribution is -2.43. The van der Waals surface area contributed by atoms with E-state index in [2.05, 4.69) is 32.3 Å². The molecule has 8 heteroatoms. The van der Waals surface area contributed by atoms with Gasteiger partial charge < -0.3 is 15.5 Å². The van der Waals surface area contributed by atoms with E-state index in [-0.39, 0.29) is 18.3 Å². The number of benzene rings is 1. The number of aryl methyl sites for hydroxylation is 1. The smallest absolute Gasteiger partial charge is 0.265 e. The van der Waals surface area contributed by atoms with Crippen LogP contribution in [0.1, 0.15) is 53.5 Å². The molecule has 1 aliphatic carbocycles. The first-order chi connectivity index (χ1) is 14.7. The molecule has 1 amide bonds. The Bertz CT molecular complexity index is 1030. The molecule has 3 heterocycles. The zero-order chi connectivity index (χ0) is 20.5. The third kappa shape index (κ3) is 4.59. The van der Waals surface area contributed by atoms with Crippen molar-refractivity contribution in [2.24, 2.45) is 0 Å². The molecule has 1 aliphatic heterocycles. The number of carbonyl (C=O) groups excluding carboxylic acids is 1. The maximum atomic E-state index is 12.9. The first-order valence-electron chi connectivity index (χ1n) is 11.0. The van der Waals surface area contributed by atoms with Gasteiger partial charge in [-0.1, -0.05) is 19.3 Å². The van der Waals surface area contributed by atoms with Crippen LogP contribution < -0.4 is 15.5 Å². The van der Waals surface area contributed by atoms with Crippen molar-refractivity contribution in [3.63, 3.8) is 0 Å². The highest BCUT2D eigenvalue weighted by Crippen LogP contribution is 2.35. The van der Waals surface area contributed by atoms with Crippen molar-refractivity contribution in [3.05, 3.63) is 40.9 Å². The monoisotopic (exact) mass is 459 g/mol. The lowest BCUT2D eigenvalue weighted by molar-refractivity contribution is 0.103. The third-order valence-corrected chi connectivity index (χ3v) is 7.44. The lowest BCUT2D eigenvalue weighted by atomic mass is 9.96. The molecule has 2 fully saturated rings. The normalized spacial score (nSPS) is 17.5. The first-order valence-corrected chi connectivity index (χ1v) is 11.9. The number of amides is 1. The Morgan fingerprint density at radius 2 is 1.84 bits per heavy atom. The molecule has 0 spiro atoms. The van der Waals surface area contributed by atoms with Crippen molar-refractivity contribution in [1.29, 1.82) is 0 Å². The van der Waals surface area contributed by atoms with Crippen molar-refractivity contribution in [2.75, 3.05) is 36.4 Å². The molecule has 1 saturated heterocycles. The Morgan fingerprint density at radius 1 is 1.13 bits per heavy atom. The Balaban J connectivity index is 0.00000231. The summed E-state index contributed by atoms with van der Waals surface area (Å²) in [4.78, 5) is 17.2. The van der Waals surface area contributed by atoms with Gasteiger partial charge in [0.2, 0.25) is 0 Å². The summed E-state index contributed by atoms with van der Waals surface area (Å²) in [6.45, 7) is 6.12. The van der Waals surface area contributed by atoms with Crippen molar-refractivity contribution in [3.8, 4) is 0 Å². The van der Waals surface area contributed by atoms with Crippen LogP contribution in [0.15, 0.2) is 30.3 Å². The molecular weight excluding hydrogens is 430 g/mol. The van der Waals surface area contributed by atoms with Crippen LogP contribution in [-0.4, -0.2) is 41.9 Å². The van der Waals surface area contributed by atoms with E-state index in [1.54, 1.807) is 11.3 Å². The minimum Gasteiger partial charge on any atom is -0.369 e. The summed E-state index contributed by atoms with van der Waals surface area (Å²) in [6.07, 6.45) is 6.25. The summed E-state index contributed by atoms with van der Waals surface area (Å²) in [6, 6.07) is 10.7. The minimum atomic E-state index is -0.0410. The topological polar surface area (TPSA) is 62.2 Å². The molecular formula is C23H30ClN5OS. The Hall–Kier alpha value is -2.09. The van der Waals surface area contributed by atoms with Gasteiger partial charge >= 0.3 is 0 Å². The second kappa shape index (κ2) is 9.59. The quantitative estimate of drug-likeness (QED) is 0.576. The average molecular weight is 460 g/mol. The maximum Gasteiger partial charge on any atom is 0.265 e. The van der Waals surface area contributed by atoms with Gasteiger partial charge in [-0.05, 0) is 50.1 Å². The summed E-state index contributed by atoms with van der Waals surface area (Å²) in [7, 11) is 0. The molecule has 5 rings (SSSR count). The number of aromatic nitrogens is 2. The fourth-order valence-corrected chi connectivity index (χ4v) is 5.76. The number of thiophene rings is 1. The van der Waals surface area contributed by atoms with Crippen LogP contribution in [0.4, 0.5) is 11.4 Å². The van der Waals surface area contributed by atoms with Crippen molar-refractivity contribution >= 4 is 51.2 Å². The van der Waals surface area contributed by atoms with Gasteiger partial charge in [-0.2, -0.15) is 5.10 Å². The number of anilines is 2. The molecule has 0 bridgehead atoms. The van der Waals surface area contributed by atoms with E-state index in [4.69, 9.17) is 5.10 Å². The van der Waals surface area contributed by atoms with Crippen LogP contribution in [0.25, 0.3) is 10.2 Å². The molecule has 1 aromatic carbocycles. The van der Waals surface area contributed by atoms with Crippen molar-refractivity contribution in [2.45, 2.75) is 45.1 Å². The van der Waals surface area contributed by atoms with Crippen molar-refractivity contribution < 1.29 is 4.79 Å². The number of nitrogens with one attached hydrogen (secondary N) is 2. The molecule has 166 valence electrons. The second-order valence-corrected chi connectivity index (χ2v) is 9.42. The molecule has 0 radical (unpaired) electrons. The standard InChI is InChI=1S/C23H29N5OS.ClH/c1-16-20-15-21(30-23(20)28(26-16)19-5-3-2-4-6-19)22(29)25-17-7-9-18(10-8-17)27-13-11-24-12-14-27;/h7-10,15,19,24H,2-6,11-14H2,1H3,(H,25,29);1H. The van der Waals surface area contributed by atoms with Gasteiger partial charge in [0.15, 0.2) is 0 Å². The maximum absolute atomic E-state index is 12.9. The molecule has 2 aromatic heterocycles. The number of hydrogen-bond donors (Lipinski definition) is 2. The van der Waals surface area contributed by atoms with E-state index in [1.807, 2.05) is 25.1 Å². The van der Waals surface area contributed by atoms with E-state index in [0.29, 0.717) is 6.04 Å². The fraction of sp³-hybridized carbons (Fsp3) is 0.478. The highest BCUT2D eigenvalue weighted by molar-refractivity contribution is 7.20. The number of fused-ring (bicyclic) bond motifs is 1. The van der Waals surface area contributed by atoms with Gasteiger partial charge in [-0.3, -0.25) is 9.48 Å². The fourth-order valence-electron chi connectivity index (χ4n) is 4.63. The van der Waals surface area contributed by atoms with Gasteiger partial charge in [0.05, 0.1) is 16.6 Å². The van der Waals surface area contributed by atoms with Gasteiger partial charge in [0.1, 0.15) is 4.83 Å². The van der Waals surface area contributed by atoms with Crippen LogP contribution in [-0.2, 0) is 0 Å². The van der Waals surface area contributed by atoms with E-state index in [0.717, 1.165) is 52.7 Å². The zero-order valence-electron chi connectivity index (χ0n) is 17.9. The average Bonchev–Trinajstić information content (AvgIpc) is 3.36. The number of nitrogens with zero attached hydrogens (tertiary/aromatic N) is 3. The summed E-state index contributed by atoms with van der Waals surface area (Å²) < 4.78 is 2.19. The second-order valence-electron chi connectivity index (χ2n) is 8.39. The summed E-state index contributed by atoms with van der Waals surface area (Å²) in [5.41, 5.74) is 3.06. The van der Waals surface area contributed by atoms with Crippen LogP contribution in [0.2, 0.25) is 0 Å². The largest absolute Gasteiger partial charge is 0.369 e. The highest BCUT2D eigenvalue weighted by Gasteiger charge is 2.22. The molecule has 2 N–H and O–H groups in total. The number of halogens is 1. The Kier molecular flexibility index (Phi) is 6.84. The Labute approximate surface area is 193 Å². The van der Waals surface area contributed by atoms with E-state index in [1.165, 1.54) is 37.8 Å². The third-order valence-electron chi connectivity index (χ3n) is 6.32. The molecule has 0 atom stereocenters. The molecule has 3 aromatic rings. The SMILES string of the molecule is Cc1nn(C2CCCCC2)c2sc(C(=O)Nc3ccc(N4CCNCC4)cc3)cc12.Cl. The van der Waals surface area contributed by atoms with Gasteiger partial charge in [-0.25, -0.2) is 0 Å². The van der Waals surface area contributed by atoms with E-state index < -0.39 is 0 Å². The number of piperazine rings is 1. The van der Waals surface area contributed by atoms with Crippen LogP contribution in [0.5, 0.6) is 0 Å². The molecule has 31 heavy (non-hydrogen) atoms. The lowest BCUT2D eigenvalue weighted by Gasteiger charge is -2.29. The Morgan fingerprint density at radius 3 is 2.55 bits per heavy atom. The molecule has 2 aliphatic rings. The van der Waals surface area contributed by atoms with Gasteiger partial charge in [0, 0.05) is 42.9 Å². The minimum absolute atomic E-state index is 0. The van der Waals surface area contributed by atoms with Crippen LogP contribution in [0.3, 0.4) is 0 Å². The van der Waals surface area contributed by atoms with Crippen LogP contribution >= 0.6 is 23.7 Å². The van der Waals surface area contributed by atoms with E-state index >= 15 is 0 Å². The predicted molar refractivity (Wildman–Crippen MR) is 131 cm³/mol. The van der Waals surface area contributed by atoms with Gasteiger partial charge in [-0.15, -0.1) is 23.7 Å². The molecule has 0 unspecified atom stereocenters. The molecule has 6 nitrogen and oxygen atoms in total. The van der Waals surface area contributed by atoms with Crippen molar-refractivity contribution in [1.82, 2.24) is 15.1 Å². The summed E-state index contributed by atoms with van der Waals surface area (Å²) >= 11 is 1.56. The number of rotatable bonds is 4. The highest BCUT2D eigenvalue weighted by atomic mass is 35.5. The van der Waals surface area contributed by atoms with Gasteiger partial charge in [0.25, 0.3) is 5.91 Å². The zero-order valence-corrected chi connectivity index (χ0v) is 19.5. The first kappa shape index (κ1) is 22.1.